The number of ether oxygens (including phenoxy) is 1. The van der Waals surface area contributed by atoms with E-state index >= 15 is 0 Å². The van der Waals surface area contributed by atoms with Crippen LogP contribution in [0.25, 0.3) is 0 Å². The molecule has 0 saturated heterocycles. The fourth-order valence-corrected chi connectivity index (χ4v) is 2.34. The number of fused-ring (bicyclic) bond motifs is 1. The molecule has 0 fully saturated rings. The number of nitrogens with zero attached hydrogens (tertiary/aromatic N) is 3. The maximum absolute atomic E-state index is 11.0. The van der Waals surface area contributed by atoms with Crippen LogP contribution in [0.15, 0.2) is 12.3 Å². The van der Waals surface area contributed by atoms with Crippen LogP contribution in [0.4, 0.5) is 11.5 Å². The molecule has 2 N–H and O–H groups in total. The van der Waals surface area contributed by atoms with E-state index in [2.05, 4.69) is 20.5 Å². The van der Waals surface area contributed by atoms with Crippen molar-refractivity contribution in [2.75, 3.05) is 11.9 Å². The van der Waals surface area contributed by atoms with Gasteiger partial charge < -0.3 is 10.1 Å². The van der Waals surface area contributed by atoms with Crippen LogP contribution in [-0.4, -0.2) is 26.7 Å². The van der Waals surface area contributed by atoms with Crippen LogP contribution in [0.2, 0.25) is 5.02 Å². The van der Waals surface area contributed by atoms with Crippen molar-refractivity contribution in [1.82, 2.24) is 15.2 Å². The Balaban J connectivity index is 1.79. The summed E-state index contributed by atoms with van der Waals surface area (Å²) in [5, 5.41) is 21.3. The molecule has 3 rings (SSSR count). The van der Waals surface area contributed by atoms with Gasteiger partial charge in [0.2, 0.25) is 5.82 Å². The number of hydrogen-bond donors (Lipinski definition) is 2. The van der Waals surface area contributed by atoms with Gasteiger partial charge in [0.15, 0.2) is 0 Å². The third kappa shape index (κ3) is 2.81. The van der Waals surface area contributed by atoms with Crippen LogP contribution < -0.4 is 5.32 Å². The number of aromatic amines is 1. The molecular weight excluding hydrogens is 298 g/mol. The molecule has 3 heterocycles. The molecule has 1 aliphatic heterocycles. The van der Waals surface area contributed by atoms with Crippen LogP contribution in [0.5, 0.6) is 0 Å². The Hall–Kier alpha value is -2.19. The molecule has 0 radical (unpaired) electrons. The van der Waals surface area contributed by atoms with E-state index < -0.39 is 4.92 Å². The first-order valence-corrected chi connectivity index (χ1v) is 6.69. The first kappa shape index (κ1) is 13.8. The first-order chi connectivity index (χ1) is 10.1. The van der Waals surface area contributed by atoms with E-state index in [1.165, 1.54) is 12.3 Å². The second-order valence-corrected chi connectivity index (χ2v) is 5.00. The van der Waals surface area contributed by atoms with Crippen LogP contribution in [0.1, 0.15) is 17.0 Å². The molecule has 2 aromatic heterocycles. The van der Waals surface area contributed by atoms with Gasteiger partial charge in [-0.25, -0.2) is 4.98 Å². The van der Waals surface area contributed by atoms with E-state index in [9.17, 15) is 10.1 Å². The lowest BCUT2D eigenvalue weighted by Gasteiger charge is -2.12. The zero-order chi connectivity index (χ0) is 14.8. The predicted molar refractivity (Wildman–Crippen MR) is 75.2 cm³/mol. The number of anilines is 1. The van der Waals surface area contributed by atoms with Gasteiger partial charge in [0, 0.05) is 29.9 Å². The van der Waals surface area contributed by atoms with Crippen molar-refractivity contribution in [3.05, 3.63) is 44.4 Å². The molecule has 8 nitrogen and oxygen atoms in total. The lowest BCUT2D eigenvalue weighted by molar-refractivity contribution is -0.384. The summed E-state index contributed by atoms with van der Waals surface area (Å²) in [6.07, 6.45) is 2.15. The van der Waals surface area contributed by atoms with Crippen molar-refractivity contribution in [1.29, 1.82) is 0 Å². The van der Waals surface area contributed by atoms with E-state index in [0.717, 1.165) is 23.4 Å². The summed E-state index contributed by atoms with van der Waals surface area (Å²) in [6.45, 7) is 1.50. The quantitative estimate of drug-likeness (QED) is 0.661. The van der Waals surface area contributed by atoms with Crippen LogP contribution >= 0.6 is 11.6 Å². The minimum Gasteiger partial charge on any atom is -0.376 e. The molecule has 21 heavy (non-hydrogen) atoms. The van der Waals surface area contributed by atoms with E-state index in [-0.39, 0.29) is 16.5 Å². The van der Waals surface area contributed by atoms with Crippen LogP contribution in [0.3, 0.4) is 0 Å². The molecule has 0 spiro atoms. The van der Waals surface area contributed by atoms with Gasteiger partial charge >= 0.3 is 5.69 Å². The summed E-state index contributed by atoms with van der Waals surface area (Å²) < 4.78 is 5.40. The summed E-state index contributed by atoms with van der Waals surface area (Å²) in [4.78, 5) is 14.4. The first-order valence-electron chi connectivity index (χ1n) is 6.31. The summed E-state index contributed by atoms with van der Waals surface area (Å²) in [6, 6.07) is 1.26. The number of rotatable bonds is 4. The second kappa shape index (κ2) is 5.66. The summed E-state index contributed by atoms with van der Waals surface area (Å²) >= 11 is 5.73. The highest BCUT2D eigenvalue weighted by Gasteiger charge is 2.19. The molecule has 0 saturated carbocycles. The monoisotopic (exact) mass is 309 g/mol. The maximum Gasteiger partial charge on any atom is 0.312 e. The molecule has 0 amide bonds. The number of hydrogen-bond acceptors (Lipinski definition) is 6. The van der Waals surface area contributed by atoms with Gasteiger partial charge in [0.05, 0.1) is 35.4 Å². The number of halogens is 1. The number of aromatic nitrogens is 3. The average molecular weight is 310 g/mol. The Morgan fingerprint density at radius 1 is 1.57 bits per heavy atom. The van der Waals surface area contributed by atoms with Crippen LogP contribution in [-0.2, 0) is 24.3 Å². The highest BCUT2D eigenvalue weighted by Crippen LogP contribution is 2.26. The van der Waals surface area contributed by atoms with Gasteiger partial charge in [-0.3, -0.25) is 15.2 Å². The molecule has 0 aliphatic carbocycles. The highest BCUT2D eigenvalue weighted by molar-refractivity contribution is 6.30. The Labute approximate surface area is 124 Å². The number of nitro groups is 1. The number of H-pyrrole nitrogens is 1. The minimum atomic E-state index is -0.523. The molecule has 2 aromatic rings. The van der Waals surface area contributed by atoms with E-state index in [1.54, 1.807) is 0 Å². The second-order valence-electron chi connectivity index (χ2n) is 4.56. The van der Waals surface area contributed by atoms with Crippen molar-refractivity contribution in [3.8, 4) is 0 Å². The van der Waals surface area contributed by atoms with Gasteiger partial charge in [-0.1, -0.05) is 11.6 Å². The van der Waals surface area contributed by atoms with Crippen molar-refractivity contribution in [2.45, 2.75) is 19.6 Å². The van der Waals surface area contributed by atoms with E-state index in [4.69, 9.17) is 16.3 Å². The fraction of sp³-hybridized carbons (Fsp3) is 0.333. The summed E-state index contributed by atoms with van der Waals surface area (Å²) in [5.41, 5.74) is 2.67. The Morgan fingerprint density at radius 3 is 3.24 bits per heavy atom. The summed E-state index contributed by atoms with van der Waals surface area (Å²) in [7, 11) is 0. The third-order valence-corrected chi connectivity index (χ3v) is 3.44. The Bertz CT molecular complexity index is 688. The summed E-state index contributed by atoms with van der Waals surface area (Å²) in [5.74, 6) is 0.165. The highest BCUT2D eigenvalue weighted by atomic mass is 35.5. The third-order valence-electron chi connectivity index (χ3n) is 3.24. The Morgan fingerprint density at radius 2 is 2.43 bits per heavy atom. The average Bonchev–Trinajstić information content (AvgIpc) is 2.89. The molecular formula is C12H12ClN5O3. The lowest BCUT2D eigenvalue weighted by Crippen LogP contribution is -2.11. The molecule has 110 valence electrons. The zero-order valence-electron chi connectivity index (χ0n) is 10.9. The van der Waals surface area contributed by atoms with E-state index in [1.807, 2.05) is 0 Å². The molecule has 0 atom stereocenters. The minimum absolute atomic E-state index is 0.164. The molecule has 0 aromatic carbocycles. The largest absolute Gasteiger partial charge is 0.376 e. The van der Waals surface area contributed by atoms with Gasteiger partial charge in [0.25, 0.3) is 0 Å². The standard InChI is InChI=1S/C12H12ClN5O3/c13-7-3-11(18(19)20)12(14-4-7)15-5-10-8-6-21-2-1-9(8)16-17-10/h3-4H,1-2,5-6H2,(H,14,15)(H,16,17). The van der Waals surface area contributed by atoms with Crippen molar-refractivity contribution < 1.29 is 9.66 Å². The van der Waals surface area contributed by atoms with E-state index in [0.29, 0.717) is 19.8 Å². The van der Waals surface area contributed by atoms with Crippen molar-refractivity contribution in [3.63, 3.8) is 0 Å². The fourth-order valence-electron chi connectivity index (χ4n) is 2.19. The SMILES string of the molecule is O=[N+]([O-])c1cc(Cl)cnc1NCc1n[nH]c2c1COCC2. The predicted octanol–water partition coefficient (Wildman–Crippen LogP) is 2.05. The van der Waals surface area contributed by atoms with Gasteiger partial charge in [0.1, 0.15) is 0 Å². The maximum atomic E-state index is 11.0. The van der Waals surface area contributed by atoms with Gasteiger partial charge in [-0.2, -0.15) is 5.10 Å². The number of nitrogens with one attached hydrogen (secondary N) is 2. The molecule has 1 aliphatic rings. The molecule has 0 unspecified atom stereocenters. The van der Waals surface area contributed by atoms with Crippen LogP contribution in [0, 0.1) is 10.1 Å². The van der Waals surface area contributed by atoms with Gasteiger partial charge in [-0.05, 0) is 0 Å². The van der Waals surface area contributed by atoms with Crippen molar-refractivity contribution in [2.24, 2.45) is 0 Å². The molecule has 0 bridgehead atoms. The van der Waals surface area contributed by atoms with Gasteiger partial charge in [-0.15, -0.1) is 0 Å². The topological polar surface area (TPSA) is 106 Å². The smallest absolute Gasteiger partial charge is 0.312 e. The van der Waals surface area contributed by atoms with Crippen molar-refractivity contribution >= 4 is 23.1 Å². The lowest BCUT2D eigenvalue weighted by atomic mass is 10.1. The normalized spacial score (nSPS) is 13.8. The molecule has 9 heteroatoms. The Kier molecular flexibility index (Phi) is 3.72. The zero-order valence-corrected chi connectivity index (χ0v) is 11.7. The number of pyridine rings is 1.